The van der Waals surface area contributed by atoms with E-state index in [4.69, 9.17) is 4.42 Å². The maximum atomic E-state index is 12.3. The molecule has 3 heterocycles. The largest absolute Gasteiger partial charge is 0.472 e. The number of aromatic nitrogens is 2. The number of hydrogen-bond donors (Lipinski definition) is 1. The van der Waals surface area contributed by atoms with Gasteiger partial charge in [-0.3, -0.25) is 14.4 Å². The Morgan fingerprint density at radius 1 is 1.41 bits per heavy atom. The molecule has 1 saturated heterocycles. The Hall–Kier alpha value is -2.12. The summed E-state index contributed by atoms with van der Waals surface area (Å²) in [5, 5.41) is 14.2. The van der Waals surface area contributed by atoms with Crippen molar-refractivity contribution in [1.82, 2.24) is 19.6 Å². The van der Waals surface area contributed by atoms with Gasteiger partial charge in [0.2, 0.25) is 5.91 Å². The first-order valence-corrected chi connectivity index (χ1v) is 7.37. The van der Waals surface area contributed by atoms with E-state index in [9.17, 15) is 9.90 Å². The summed E-state index contributed by atoms with van der Waals surface area (Å²) in [6.45, 7) is 3.18. The zero-order chi connectivity index (χ0) is 15.4. The van der Waals surface area contributed by atoms with Crippen LogP contribution in [0.4, 0.5) is 0 Å². The smallest absolute Gasteiger partial charge is 0.244 e. The van der Waals surface area contributed by atoms with E-state index in [1.54, 1.807) is 40.6 Å². The Kier molecular flexibility index (Phi) is 4.55. The molecular weight excluding hydrogens is 284 g/mol. The lowest BCUT2D eigenvalue weighted by Crippen LogP contribution is -2.39. The molecule has 1 aliphatic rings. The van der Waals surface area contributed by atoms with Gasteiger partial charge in [-0.2, -0.15) is 5.10 Å². The summed E-state index contributed by atoms with van der Waals surface area (Å²) in [6.07, 6.45) is 6.21. The molecule has 0 saturated carbocycles. The molecule has 0 aromatic carbocycles. The van der Waals surface area contributed by atoms with Crippen molar-refractivity contribution in [3.63, 3.8) is 0 Å². The number of amides is 1. The SMILES string of the molecule is O=C(Cn1cccn1)N1CCN(Cc2ccoc2)C[C@H](O)C1. The predicted molar refractivity (Wildman–Crippen MR) is 78.8 cm³/mol. The van der Waals surface area contributed by atoms with Crippen LogP contribution in [0.5, 0.6) is 0 Å². The van der Waals surface area contributed by atoms with Gasteiger partial charge in [-0.15, -0.1) is 0 Å². The van der Waals surface area contributed by atoms with Crippen LogP contribution in [0.2, 0.25) is 0 Å². The number of hydrogen-bond acceptors (Lipinski definition) is 5. The molecular formula is C15H20N4O3. The van der Waals surface area contributed by atoms with E-state index in [2.05, 4.69) is 10.00 Å². The highest BCUT2D eigenvalue weighted by molar-refractivity contribution is 5.76. The molecule has 1 amide bonds. The van der Waals surface area contributed by atoms with E-state index in [-0.39, 0.29) is 12.5 Å². The molecule has 0 unspecified atom stereocenters. The standard InChI is InChI=1S/C15H20N4O3/c20-14-9-17(8-13-2-7-22-12-13)5-6-18(10-14)15(21)11-19-4-1-3-16-19/h1-4,7,12,14,20H,5-6,8-11H2/t14-/m0/s1. The van der Waals surface area contributed by atoms with Gasteiger partial charge in [-0.05, 0) is 12.1 Å². The highest BCUT2D eigenvalue weighted by Crippen LogP contribution is 2.10. The molecule has 22 heavy (non-hydrogen) atoms. The number of carbonyl (C=O) groups excluding carboxylic acids is 1. The zero-order valence-corrected chi connectivity index (χ0v) is 12.3. The minimum Gasteiger partial charge on any atom is -0.472 e. The molecule has 0 aliphatic carbocycles. The van der Waals surface area contributed by atoms with E-state index in [1.165, 1.54) is 0 Å². The maximum absolute atomic E-state index is 12.3. The van der Waals surface area contributed by atoms with Gasteiger partial charge in [-0.1, -0.05) is 0 Å². The van der Waals surface area contributed by atoms with Crippen molar-refractivity contribution in [3.8, 4) is 0 Å². The van der Waals surface area contributed by atoms with E-state index < -0.39 is 6.10 Å². The normalized spacial score (nSPS) is 20.0. The van der Waals surface area contributed by atoms with Gasteiger partial charge in [0.05, 0.1) is 18.6 Å². The van der Waals surface area contributed by atoms with Gasteiger partial charge in [-0.25, -0.2) is 0 Å². The quantitative estimate of drug-likeness (QED) is 0.872. The average molecular weight is 304 g/mol. The molecule has 1 aliphatic heterocycles. The Morgan fingerprint density at radius 3 is 3.05 bits per heavy atom. The molecule has 3 rings (SSSR count). The highest BCUT2D eigenvalue weighted by atomic mass is 16.3. The number of nitrogens with zero attached hydrogens (tertiary/aromatic N) is 4. The Labute approximate surface area is 128 Å². The van der Waals surface area contributed by atoms with Crippen LogP contribution in [0.3, 0.4) is 0 Å². The third-order valence-electron chi connectivity index (χ3n) is 3.78. The fourth-order valence-corrected chi connectivity index (χ4v) is 2.70. The number of β-amino-alcohol motifs (C(OH)–C–C–N with tert-alkyl or cyclic N) is 1. The minimum absolute atomic E-state index is 0.0205. The third kappa shape index (κ3) is 3.75. The van der Waals surface area contributed by atoms with Gasteiger partial charge in [0, 0.05) is 50.7 Å². The lowest BCUT2D eigenvalue weighted by Gasteiger charge is -2.21. The second-order valence-corrected chi connectivity index (χ2v) is 5.56. The first-order valence-electron chi connectivity index (χ1n) is 7.37. The zero-order valence-electron chi connectivity index (χ0n) is 12.3. The van der Waals surface area contributed by atoms with Crippen LogP contribution in [-0.4, -0.2) is 62.9 Å². The molecule has 0 spiro atoms. The van der Waals surface area contributed by atoms with Crippen LogP contribution in [0.1, 0.15) is 5.56 Å². The van der Waals surface area contributed by atoms with Crippen molar-refractivity contribution >= 4 is 5.91 Å². The average Bonchev–Trinajstić information content (AvgIpc) is 3.13. The monoisotopic (exact) mass is 304 g/mol. The van der Waals surface area contributed by atoms with Gasteiger partial charge in [0.1, 0.15) is 6.54 Å². The minimum atomic E-state index is -0.545. The number of aliphatic hydroxyl groups excluding tert-OH is 1. The lowest BCUT2D eigenvalue weighted by molar-refractivity contribution is -0.132. The molecule has 118 valence electrons. The molecule has 1 N–H and O–H groups in total. The summed E-state index contributed by atoms with van der Waals surface area (Å²) >= 11 is 0. The van der Waals surface area contributed by atoms with E-state index >= 15 is 0 Å². The van der Waals surface area contributed by atoms with Gasteiger partial charge in [0.25, 0.3) is 0 Å². The van der Waals surface area contributed by atoms with E-state index in [0.29, 0.717) is 19.6 Å². The van der Waals surface area contributed by atoms with Crippen molar-refractivity contribution in [2.45, 2.75) is 19.2 Å². The third-order valence-corrected chi connectivity index (χ3v) is 3.78. The Balaban J connectivity index is 1.57. The van der Waals surface area contributed by atoms with Crippen LogP contribution in [0, 0.1) is 0 Å². The lowest BCUT2D eigenvalue weighted by atomic mass is 10.3. The van der Waals surface area contributed by atoms with Crippen molar-refractivity contribution < 1.29 is 14.3 Å². The number of rotatable bonds is 4. The van der Waals surface area contributed by atoms with Gasteiger partial charge in [0.15, 0.2) is 0 Å². The predicted octanol–water partition coefficient (Wildman–Crippen LogP) is 0.181. The Morgan fingerprint density at radius 2 is 2.32 bits per heavy atom. The maximum Gasteiger partial charge on any atom is 0.244 e. The molecule has 0 bridgehead atoms. The summed E-state index contributed by atoms with van der Waals surface area (Å²) in [5.74, 6) is -0.0205. The van der Waals surface area contributed by atoms with Crippen molar-refractivity contribution in [1.29, 1.82) is 0 Å². The van der Waals surface area contributed by atoms with Crippen LogP contribution in [0.15, 0.2) is 41.5 Å². The summed E-state index contributed by atoms with van der Waals surface area (Å²) in [5.41, 5.74) is 1.07. The number of aliphatic hydroxyl groups is 1. The van der Waals surface area contributed by atoms with E-state index in [1.807, 2.05) is 6.07 Å². The van der Waals surface area contributed by atoms with Crippen LogP contribution in [-0.2, 0) is 17.9 Å². The van der Waals surface area contributed by atoms with E-state index in [0.717, 1.165) is 18.7 Å². The first kappa shape index (κ1) is 14.8. The number of carbonyl (C=O) groups is 1. The second kappa shape index (κ2) is 6.76. The molecule has 1 atom stereocenters. The number of furan rings is 1. The molecule has 7 heteroatoms. The van der Waals surface area contributed by atoms with Crippen LogP contribution >= 0.6 is 0 Å². The summed E-state index contributed by atoms with van der Waals surface area (Å²) in [7, 11) is 0. The van der Waals surface area contributed by atoms with Crippen molar-refractivity contribution in [2.75, 3.05) is 26.2 Å². The molecule has 2 aromatic rings. The summed E-state index contributed by atoms with van der Waals surface area (Å²) in [6, 6.07) is 3.70. The molecule has 7 nitrogen and oxygen atoms in total. The molecule has 1 fully saturated rings. The first-order chi connectivity index (χ1) is 10.7. The fourth-order valence-electron chi connectivity index (χ4n) is 2.70. The second-order valence-electron chi connectivity index (χ2n) is 5.56. The summed E-state index contributed by atoms with van der Waals surface area (Å²) in [4.78, 5) is 16.2. The topological polar surface area (TPSA) is 74.7 Å². The Bertz CT molecular complexity index is 582. The highest BCUT2D eigenvalue weighted by Gasteiger charge is 2.24. The van der Waals surface area contributed by atoms with Gasteiger partial charge >= 0.3 is 0 Å². The van der Waals surface area contributed by atoms with Crippen LogP contribution < -0.4 is 0 Å². The van der Waals surface area contributed by atoms with Crippen molar-refractivity contribution in [3.05, 3.63) is 42.6 Å². The van der Waals surface area contributed by atoms with Gasteiger partial charge < -0.3 is 14.4 Å². The fraction of sp³-hybridized carbons (Fsp3) is 0.467. The van der Waals surface area contributed by atoms with Crippen LogP contribution in [0.25, 0.3) is 0 Å². The molecule has 2 aromatic heterocycles. The van der Waals surface area contributed by atoms with Crippen molar-refractivity contribution in [2.24, 2.45) is 0 Å². The molecule has 0 radical (unpaired) electrons. The summed E-state index contributed by atoms with van der Waals surface area (Å²) < 4.78 is 6.67.